The summed E-state index contributed by atoms with van der Waals surface area (Å²) in [7, 11) is 0. The van der Waals surface area contributed by atoms with Crippen LogP contribution >= 0.6 is 0 Å². The number of nitrogens with zero attached hydrogens (tertiary/aromatic N) is 3. The molecule has 2 unspecified atom stereocenters. The van der Waals surface area contributed by atoms with Gasteiger partial charge in [-0.25, -0.2) is 9.07 Å². The molecule has 3 aromatic carbocycles. The highest BCUT2D eigenvalue weighted by atomic mass is 19.1. The van der Waals surface area contributed by atoms with Gasteiger partial charge in [-0.1, -0.05) is 30.3 Å². The summed E-state index contributed by atoms with van der Waals surface area (Å²) in [6.07, 6.45) is 2.06. The molecule has 0 bridgehead atoms. The molecular weight excluding hydrogens is 367 g/mol. The number of anilines is 1. The molecule has 0 saturated carbocycles. The number of amides is 1. The van der Waals surface area contributed by atoms with Gasteiger partial charge in [-0.2, -0.15) is 5.10 Å². The highest BCUT2D eigenvalue weighted by molar-refractivity contribution is 5.99. The van der Waals surface area contributed by atoms with Gasteiger partial charge in [0.25, 0.3) is 0 Å². The van der Waals surface area contributed by atoms with E-state index in [1.165, 1.54) is 12.1 Å². The summed E-state index contributed by atoms with van der Waals surface area (Å²) >= 11 is 0. The Morgan fingerprint density at radius 1 is 0.966 bits per heavy atom. The van der Waals surface area contributed by atoms with E-state index in [9.17, 15) is 9.18 Å². The largest absolute Gasteiger partial charge is 0.325 e. The highest BCUT2D eigenvalue weighted by Crippen LogP contribution is 2.37. The summed E-state index contributed by atoms with van der Waals surface area (Å²) in [5.41, 5.74) is 9.80. The number of benzene rings is 3. The first-order chi connectivity index (χ1) is 14.1. The quantitative estimate of drug-likeness (QED) is 0.579. The average Bonchev–Trinajstić information content (AvgIpc) is 3.28. The van der Waals surface area contributed by atoms with E-state index in [1.54, 1.807) is 27.9 Å². The molecule has 2 N–H and O–H groups in total. The second-order valence-electron chi connectivity index (χ2n) is 7.26. The van der Waals surface area contributed by atoms with Crippen molar-refractivity contribution in [3.05, 3.63) is 90.4 Å². The first-order valence-corrected chi connectivity index (χ1v) is 9.48. The zero-order valence-corrected chi connectivity index (χ0v) is 15.6. The molecule has 1 aromatic heterocycles. The maximum atomic E-state index is 13.2. The lowest BCUT2D eigenvalue weighted by Crippen LogP contribution is -2.33. The van der Waals surface area contributed by atoms with Crippen LogP contribution in [0.5, 0.6) is 0 Å². The van der Waals surface area contributed by atoms with E-state index in [0.717, 1.165) is 27.8 Å². The Kier molecular flexibility index (Phi) is 4.14. The Labute approximate surface area is 167 Å². The Hall–Kier alpha value is -3.51. The Morgan fingerprint density at radius 3 is 2.45 bits per heavy atom. The van der Waals surface area contributed by atoms with Crippen molar-refractivity contribution in [2.24, 2.45) is 5.73 Å². The fourth-order valence-corrected chi connectivity index (χ4v) is 4.07. The molecule has 5 nitrogen and oxygen atoms in total. The van der Waals surface area contributed by atoms with Gasteiger partial charge >= 0.3 is 0 Å². The van der Waals surface area contributed by atoms with Crippen LogP contribution in [0.2, 0.25) is 0 Å². The van der Waals surface area contributed by atoms with Crippen LogP contribution in [0.4, 0.5) is 10.1 Å². The van der Waals surface area contributed by atoms with Gasteiger partial charge in [-0.3, -0.25) is 4.79 Å². The van der Waals surface area contributed by atoms with E-state index < -0.39 is 0 Å². The third kappa shape index (κ3) is 2.98. The van der Waals surface area contributed by atoms with Crippen LogP contribution in [0, 0.1) is 5.82 Å². The maximum Gasteiger partial charge on any atom is 0.229 e. The standard InChI is InChI=1S/C23H19FN4O/c24-17-6-8-18(9-7-17)28-21-11-10-19(12-16(21)14-26-28)27-22(29)13-20(25)23(27)15-4-2-1-3-5-15/h1-12,14,20,23H,13,25H2. The predicted molar refractivity (Wildman–Crippen MR) is 110 cm³/mol. The number of hydrogen-bond acceptors (Lipinski definition) is 3. The van der Waals surface area contributed by atoms with Crippen molar-refractivity contribution in [2.75, 3.05) is 4.90 Å². The number of halogens is 1. The molecule has 0 aliphatic carbocycles. The minimum absolute atomic E-state index is 0.0108. The number of aromatic nitrogens is 2. The van der Waals surface area contributed by atoms with Crippen molar-refractivity contribution in [1.82, 2.24) is 9.78 Å². The van der Waals surface area contributed by atoms with Gasteiger partial charge in [0, 0.05) is 23.5 Å². The molecule has 1 amide bonds. The van der Waals surface area contributed by atoms with E-state index in [0.29, 0.717) is 6.42 Å². The molecule has 1 aliphatic rings. The van der Waals surface area contributed by atoms with Crippen molar-refractivity contribution in [2.45, 2.75) is 18.5 Å². The second-order valence-corrected chi connectivity index (χ2v) is 7.26. The monoisotopic (exact) mass is 386 g/mol. The van der Waals surface area contributed by atoms with Crippen molar-refractivity contribution >= 4 is 22.5 Å². The fraction of sp³-hybridized carbons (Fsp3) is 0.130. The predicted octanol–water partition coefficient (Wildman–Crippen LogP) is 3.97. The summed E-state index contributed by atoms with van der Waals surface area (Å²) in [6, 6.07) is 21.4. The van der Waals surface area contributed by atoms with Crippen molar-refractivity contribution < 1.29 is 9.18 Å². The van der Waals surface area contributed by atoms with Gasteiger partial charge in [-0.05, 0) is 48.0 Å². The summed E-state index contributed by atoms with van der Waals surface area (Å²) in [5.74, 6) is -0.278. The van der Waals surface area contributed by atoms with E-state index >= 15 is 0 Å². The average molecular weight is 386 g/mol. The van der Waals surface area contributed by atoms with E-state index in [2.05, 4.69) is 5.10 Å². The normalized spacial score (nSPS) is 19.2. The molecule has 1 aliphatic heterocycles. The molecule has 1 saturated heterocycles. The van der Waals surface area contributed by atoms with Gasteiger partial charge in [-0.15, -0.1) is 0 Å². The lowest BCUT2D eigenvalue weighted by atomic mass is 10.0. The molecule has 0 spiro atoms. The van der Waals surface area contributed by atoms with E-state index in [4.69, 9.17) is 5.73 Å². The van der Waals surface area contributed by atoms with Gasteiger partial charge in [0.2, 0.25) is 5.91 Å². The summed E-state index contributed by atoms with van der Waals surface area (Å²) < 4.78 is 15.0. The number of rotatable bonds is 3. The molecule has 4 aromatic rings. The van der Waals surface area contributed by atoms with Gasteiger partial charge in [0.15, 0.2) is 0 Å². The first-order valence-electron chi connectivity index (χ1n) is 9.48. The van der Waals surface area contributed by atoms with Crippen LogP contribution in [-0.4, -0.2) is 21.7 Å². The molecule has 1 fully saturated rings. The molecule has 2 heterocycles. The number of hydrogen-bond donors (Lipinski definition) is 1. The first kappa shape index (κ1) is 17.6. The van der Waals surface area contributed by atoms with Crippen LogP contribution in [0.25, 0.3) is 16.6 Å². The lowest BCUT2D eigenvalue weighted by molar-refractivity contribution is -0.117. The topological polar surface area (TPSA) is 64.2 Å². The third-order valence-corrected chi connectivity index (χ3v) is 5.40. The smallest absolute Gasteiger partial charge is 0.229 e. The second kappa shape index (κ2) is 6.83. The third-order valence-electron chi connectivity index (χ3n) is 5.40. The Morgan fingerprint density at radius 2 is 1.69 bits per heavy atom. The Bertz CT molecular complexity index is 1190. The van der Waals surface area contributed by atoms with Crippen molar-refractivity contribution in [1.29, 1.82) is 0 Å². The van der Waals surface area contributed by atoms with Crippen LogP contribution < -0.4 is 10.6 Å². The summed E-state index contributed by atoms with van der Waals surface area (Å²) in [4.78, 5) is 14.5. The van der Waals surface area contributed by atoms with Crippen LogP contribution in [0.3, 0.4) is 0 Å². The fourth-order valence-electron chi connectivity index (χ4n) is 4.07. The number of carbonyl (C=O) groups excluding carboxylic acids is 1. The minimum atomic E-state index is -0.289. The minimum Gasteiger partial charge on any atom is -0.325 e. The molecule has 144 valence electrons. The number of carbonyl (C=O) groups is 1. The van der Waals surface area contributed by atoms with Crippen LogP contribution in [0.15, 0.2) is 79.0 Å². The molecule has 5 rings (SSSR count). The maximum absolute atomic E-state index is 13.2. The molecular formula is C23H19FN4O. The summed E-state index contributed by atoms with van der Waals surface area (Å²) in [5, 5.41) is 5.34. The van der Waals surface area contributed by atoms with Gasteiger partial charge in [0.1, 0.15) is 5.82 Å². The highest BCUT2D eigenvalue weighted by Gasteiger charge is 2.39. The lowest BCUT2D eigenvalue weighted by Gasteiger charge is -2.27. The van der Waals surface area contributed by atoms with E-state index in [-0.39, 0.29) is 23.8 Å². The van der Waals surface area contributed by atoms with Crippen molar-refractivity contribution in [3.8, 4) is 5.69 Å². The zero-order valence-electron chi connectivity index (χ0n) is 15.6. The van der Waals surface area contributed by atoms with Crippen LogP contribution in [-0.2, 0) is 4.79 Å². The number of fused-ring (bicyclic) bond motifs is 1. The Balaban J connectivity index is 1.56. The molecule has 6 heteroatoms. The van der Waals surface area contributed by atoms with Crippen LogP contribution in [0.1, 0.15) is 18.0 Å². The van der Waals surface area contributed by atoms with Crippen molar-refractivity contribution in [3.63, 3.8) is 0 Å². The summed E-state index contributed by atoms with van der Waals surface area (Å²) in [6.45, 7) is 0. The molecule has 2 atom stereocenters. The molecule has 0 radical (unpaired) electrons. The number of nitrogens with two attached hydrogens (primary N) is 1. The van der Waals surface area contributed by atoms with E-state index in [1.807, 2.05) is 48.5 Å². The SMILES string of the molecule is NC1CC(=O)N(c2ccc3c(cnn3-c3ccc(F)cc3)c2)C1c1ccccc1. The zero-order chi connectivity index (χ0) is 20.0. The van der Waals surface area contributed by atoms with Gasteiger partial charge < -0.3 is 10.6 Å². The molecule has 29 heavy (non-hydrogen) atoms. The van der Waals surface area contributed by atoms with Gasteiger partial charge in [0.05, 0.1) is 23.4 Å².